The largest absolute Gasteiger partial charge is 0.488 e. The van der Waals surface area contributed by atoms with Crippen molar-refractivity contribution in [3.05, 3.63) is 142 Å². The molecule has 1 saturated heterocycles. The summed E-state index contributed by atoms with van der Waals surface area (Å²) in [5.74, 6) is -1.01. The zero-order chi connectivity index (χ0) is 29.2. The molecule has 1 heterocycles. The number of rotatable bonds is 6. The Hall–Kier alpha value is -4.91. The maximum absolute atomic E-state index is 13.9. The quantitative estimate of drug-likeness (QED) is 0.147. The van der Waals surface area contributed by atoms with Crippen molar-refractivity contribution in [2.75, 3.05) is 9.80 Å². The first-order valence-corrected chi connectivity index (χ1v) is 13.8. The normalized spacial score (nSPS) is 13.6. The van der Waals surface area contributed by atoms with Gasteiger partial charge in [0.15, 0.2) is 0 Å². The number of carbonyl (C=O) groups is 3. The van der Waals surface area contributed by atoms with E-state index in [0.29, 0.717) is 32.7 Å². The molecule has 6 rings (SSSR count). The predicted molar refractivity (Wildman–Crippen MR) is 166 cm³/mol. The van der Waals surface area contributed by atoms with Crippen molar-refractivity contribution in [1.29, 1.82) is 0 Å². The Morgan fingerprint density at radius 2 is 1.24 bits per heavy atom. The summed E-state index contributed by atoms with van der Waals surface area (Å²) in [7, 11) is 0. The van der Waals surface area contributed by atoms with Crippen LogP contribution in [0.2, 0.25) is 10.0 Å². The lowest BCUT2D eigenvalue weighted by Gasteiger charge is -2.34. The highest BCUT2D eigenvalue weighted by Crippen LogP contribution is 2.35. The summed E-state index contributed by atoms with van der Waals surface area (Å²) in [5, 5.41) is 2.50. The van der Waals surface area contributed by atoms with E-state index in [2.05, 4.69) is 0 Å². The number of fused-ring (bicyclic) bond motifs is 1. The number of ether oxygens (including phenoxy) is 1. The van der Waals surface area contributed by atoms with Crippen LogP contribution in [0.25, 0.3) is 16.8 Å². The molecule has 0 N–H and O–H groups in total. The Morgan fingerprint density at radius 1 is 0.643 bits per heavy atom. The lowest BCUT2D eigenvalue weighted by atomic mass is 9.99. The minimum atomic E-state index is -0.756. The number of halogens is 2. The number of carbonyl (C=O) groups excluding carboxylic acids is 3. The molecular formula is C34H22Cl2N2O4. The van der Waals surface area contributed by atoms with Gasteiger partial charge < -0.3 is 4.74 Å². The van der Waals surface area contributed by atoms with Crippen LogP contribution in [0, 0.1) is 0 Å². The molecule has 0 saturated carbocycles. The van der Waals surface area contributed by atoms with Crippen molar-refractivity contribution < 1.29 is 19.1 Å². The van der Waals surface area contributed by atoms with Crippen molar-refractivity contribution in [3.63, 3.8) is 0 Å². The third-order valence-corrected chi connectivity index (χ3v) is 7.62. The average Bonchev–Trinajstić information content (AvgIpc) is 3.01. The molecule has 0 atom stereocenters. The molecule has 4 amide bonds. The van der Waals surface area contributed by atoms with Gasteiger partial charge in [-0.1, -0.05) is 96.0 Å². The van der Waals surface area contributed by atoms with Gasteiger partial charge in [-0.05, 0) is 64.9 Å². The van der Waals surface area contributed by atoms with Gasteiger partial charge in [0.2, 0.25) is 0 Å². The molecule has 0 unspecified atom stereocenters. The second-order valence-corrected chi connectivity index (χ2v) is 10.3. The third kappa shape index (κ3) is 5.14. The number of anilines is 2. The second kappa shape index (κ2) is 11.5. The molecule has 1 aliphatic rings. The van der Waals surface area contributed by atoms with Gasteiger partial charge in [-0.2, -0.15) is 0 Å². The van der Waals surface area contributed by atoms with Gasteiger partial charge in [0.25, 0.3) is 11.8 Å². The third-order valence-electron chi connectivity index (χ3n) is 6.88. The Balaban J connectivity index is 1.49. The molecule has 0 bridgehead atoms. The van der Waals surface area contributed by atoms with Crippen molar-refractivity contribution in [2.45, 2.75) is 6.61 Å². The predicted octanol–water partition coefficient (Wildman–Crippen LogP) is 8.31. The minimum absolute atomic E-state index is 0.165. The van der Waals surface area contributed by atoms with Gasteiger partial charge >= 0.3 is 6.03 Å². The van der Waals surface area contributed by atoms with Crippen molar-refractivity contribution >= 4 is 69.3 Å². The first-order chi connectivity index (χ1) is 20.4. The summed E-state index contributed by atoms with van der Waals surface area (Å²) in [4.78, 5) is 43.6. The smallest absolute Gasteiger partial charge is 0.343 e. The average molecular weight is 593 g/mol. The molecule has 0 radical (unpaired) electrons. The van der Waals surface area contributed by atoms with Crippen molar-refractivity contribution in [3.8, 4) is 5.75 Å². The maximum Gasteiger partial charge on any atom is 0.343 e. The topological polar surface area (TPSA) is 66.9 Å². The monoisotopic (exact) mass is 592 g/mol. The molecule has 5 aromatic rings. The zero-order valence-electron chi connectivity index (χ0n) is 22.0. The molecule has 206 valence electrons. The van der Waals surface area contributed by atoms with E-state index in [1.165, 1.54) is 6.08 Å². The van der Waals surface area contributed by atoms with E-state index in [4.69, 9.17) is 27.9 Å². The van der Waals surface area contributed by atoms with Gasteiger partial charge in [0, 0.05) is 5.56 Å². The van der Waals surface area contributed by atoms with Gasteiger partial charge in [0.05, 0.1) is 21.4 Å². The van der Waals surface area contributed by atoms with E-state index in [0.717, 1.165) is 26.1 Å². The molecule has 5 aromatic carbocycles. The van der Waals surface area contributed by atoms with Crippen LogP contribution >= 0.6 is 23.2 Å². The highest BCUT2D eigenvalue weighted by atomic mass is 35.5. The molecule has 1 aliphatic heterocycles. The van der Waals surface area contributed by atoms with E-state index < -0.39 is 17.8 Å². The van der Waals surface area contributed by atoms with Gasteiger partial charge in [-0.3, -0.25) is 9.59 Å². The lowest BCUT2D eigenvalue weighted by molar-refractivity contribution is -0.121. The van der Waals surface area contributed by atoms with Crippen LogP contribution in [-0.2, 0) is 16.2 Å². The van der Waals surface area contributed by atoms with E-state index in [9.17, 15) is 14.4 Å². The first kappa shape index (κ1) is 27.3. The van der Waals surface area contributed by atoms with E-state index in [1.54, 1.807) is 78.9 Å². The Kier molecular flexibility index (Phi) is 7.48. The molecular weight excluding hydrogens is 571 g/mol. The zero-order valence-corrected chi connectivity index (χ0v) is 23.5. The lowest BCUT2D eigenvalue weighted by Crippen LogP contribution is -2.57. The maximum atomic E-state index is 13.9. The second-order valence-electron chi connectivity index (χ2n) is 9.53. The van der Waals surface area contributed by atoms with Gasteiger partial charge in [-0.25, -0.2) is 14.6 Å². The Morgan fingerprint density at radius 3 is 1.86 bits per heavy atom. The number of imide groups is 2. The molecule has 8 heteroatoms. The highest BCUT2D eigenvalue weighted by molar-refractivity contribution is 6.46. The number of urea groups is 1. The van der Waals surface area contributed by atoms with Crippen LogP contribution in [0.5, 0.6) is 5.75 Å². The molecule has 0 aromatic heterocycles. The summed E-state index contributed by atoms with van der Waals surface area (Å²) >= 11 is 12.3. The van der Waals surface area contributed by atoms with Crippen LogP contribution in [0.4, 0.5) is 16.2 Å². The van der Waals surface area contributed by atoms with Crippen LogP contribution in [-0.4, -0.2) is 17.8 Å². The number of amides is 4. The number of benzene rings is 5. The number of barbiturate groups is 1. The molecule has 1 fully saturated rings. The fourth-order valence-corrected chi connectivity index (χ4v) is 5.14. The summed E-state index contributed by atoms with van der Waals surface area (Å²) in [6.07, 6.45) is 1.51. The SMILES string of the molecule is O=C1C(=Cc2c(OCc3ccc(Cl)c(Cl)c3)ccc3ccccc23)C(=O)N(c2ccccc2)C(=O)N1c1ccccc1. The van der Waals surface area contributed by atoms with Crippen LogP contribution < -0.4 is 14.5 Å². The van der Waals surface area contributed by atoms with E-state index in [-0.39, 0.29) is 12.2 Å². The Bertz CT molecular complexity index is 1810. The van der Waals surface area contributed by atoms with E-state index in [1.807, 2.05) is 36.4 Å². The summed E-state index contributed by atoms with van der Waals surface area (Å²) in [5.41, 5.74) is 1.83. The standard InChI is InChI=1S/C34H22Cl2N2O4/c35-29-17-15-22(19-30(29)36)21-42-31-18-16-23-9-7-8-14-26(23)27(31)20-28-32(39)37(24-10-3-1-4-11-24)34(41)38(33(28)40)25-12-5-2-6-13-25/h1-20H,21H2. The number of hydrogen-bond acceptors (Lipinski definition) is 4. The number of para-hydroxylation sites is 2. The molecule has 6 nitrogen and oxygen atoms in total. The highest BCUT2D eigenvalue weighted by Gasteiger charge is 2.43. The molecule has 0 spiro atoms. The van der Waals surface area contributed by atoms with Crippen LogP contribution in [0.1, 0.15) is 11.1 Å². The number of nitrogens with zero attached hydrogens (tertiary/aromatic N) is 2. The minimum Gasteiger partial charge on any atom is -0.488 e. The molecule has 0 aliphatic carbocycles. The van der Waals surface area contributed by atoms with Crippen molar-refractivity contribution in [2.24, 2.45) is 0 Å². The summed E-state index contributed by atoms with van der Waals surface area (Å²) in [6.45, 7) is 0.165. The Labute approximate surface area is 252 Å². The fourth-order valence-electron chi connectivity index (χ4n) is 4.82. The fraction of sp³-hybridized carbons (Fsp3) is 0.0294. The molecule has 42 heavy (non-hydrogen) atoms. The number of hydrogen-bond donors (Lipinski definition) is 0. The first-order valence-electron chi connectivity index (χ1n) is 13.1. The van der Waals surface area contributed by atoms with Crippen molar-refractivity contribution in [1.82, 2.24) is 0 Å². The van der Waals surface area contributed by atoms with Gasteiger partial charge in [0.1, 0.15) is 17.9 Å². The summed E-state index contributed by atoms with van der Waals surface area (Å²) < 4.78 is 6.22. The summed E-state index contributed by atoms with van der Waals surface area (Å²) in [6, 6.07) is 32.8. The van der Waals surface area contributed by atoms with Crippen LogP contribution in [0.3, 0.4) is 0 Å². The van der Waals surface area contributed by atoms with Gasteiger partial charge in [-0.15, -0.1) is 0 Å². The van der Waals surface area contributed by atoms with E-state index >= 15 is 0 Å². The van der Waals surface area contributed by atoms with Crippen LogP contribution in [0.15, 0.2) is 121 Å².